The van der Waals surface area contributed by atoms with E-state index in [4.69, 9.17) is 21.4 Å². The Morgan fingerprint density at radius 3 is 2.50 bits per heavy atom. The lowest BCUT2D eigenvalue weighted by Crippen LogP contribution is -2.28. The lowest BCUT2D eigenvalue weighted by Gasteiger charge is -2.11. The van der Waals surface area contributed by atoms with Crippen LogP contribution >= 0.6 is 36.4 Å². The Hall–Kier alpha value is -0.230. The Kier molecular flexibility index (Phi) is 15.2. The largest absolute Gasteiger partial charge is 0.494 e. The molecule has 0 heterocycles. The van der Waals surface area contributed by atoms with Gasteiger partial charge in [0.25, 0.3) is 0 Å². The first-order valence-corrected chi connectivity index (χ1v) is 6.59. The monoisotopic (exact) mass is 344 g/mol. The summed E-state index contributed by atoms with van der Waals surface area (Å²) < 4.78 is 5.54. The van der Waals surface area contributed by atoms with Gasteiger partial charge < -0.3 is 20.5 Å². The second-order valence-electron chi connectivity index (χ2n) is 3.84. The first-order valence-electron chi connectivity index (χ1n) is 6.21. The van der Waals surface area contributed by atoms with Crippen molar-refractivity contribution in [2.24, 2.45) is 0 Å². The Labute approximate surface area is 138 Å². The van der Waals surface area contributed by atoms with Crippen LogP contribution in [-0.2, 0) is 6.54 Å². The van der Waals surface area contributed by atoms with Crippen LogP contribution in [0, 0.1) is 0 Å². The van der Waals surface area contributed by atoms with E-state index >= 15 is 0 Å². The highest BCUT2D eigenvalue weighted by Crippen LogP contribution is 2.22. The number of hydrogen-bond acceptors (Lipinski definition) is 4. The van der Waals surface area contributed by atoms with Gasteiger partial charge in [0, 0.05) is 36.8 Å². The molecule has 0 radical (unpaired) electrons. The maximum Gasteiger partial charge on any atom is 0.123 e. The van der Waals surface area contributed by atoms with Crippen LogP contribution in [0.1, 0.15) is 12.5 Å². The van der Waals surface area contributed by atoms with Crippen LogP contribution in [0.5, 0.6) is 5.75 Å². The average molecular weight is 346 g/mol. The van der Waals surface area contributed by atoms with Crippen molar-refractivity contribution in [1.29, 1.82) is 0 Å². The summed E-state index contributed by atoms with van der Waals surface area (Å²) in [7, 11) is 0. The van der Waals surface area contributed by atoms with E-state index in [9.17, 15) is 0 Å². The summed E-state index contributed by atoms with van der Waals surface area (Å²) in [5, 5.41) is 15.7. The van der Waals surface area contributed by atoms with E-state index in [1.54, 1.807) is 0 Å². The zero-order valence-corrected chi connectivity index (χ0v) is 13.9. The highest BCUT2D eigenvalue weighted by atomic mass is 35.5. The molecule has 0 fully saturated rings. The van der Waals surface area contributed by atoms with Crippen molar-refractivity contribution in [2.45, 2.75) is 13.5 Å². The minimum Gasteiger partial charge on any atom is -0.494 e. The van der Waals surface area contributed by atoms with Crippen molar-refractivity contribution < 1.29 is 9.84 Å². The highest BCUT2D eigenvalue weighted by molar-refractivity contribution is 6.30. The average Bonchev–Trinajstić information content (AvgIpc) is 2.37. The van der Waals surface area contributed by atoms with Crippen molar-refractivity contribution >= 4 is 36.4 Å². The first-order chi connectivity index (χ1) is 8.77. The van der Waals surface area contributed by atoms with E-state index in [-0.39, 0.29) is 31.4 Å². The number of rotatable bonds is 9. The Balaban J connectivity index is 0. The minimum atomic E-state index is 0. The Morgan fingerprint density at radius 2 is 1.85 bits per heavy atom. The standard InChI is InChI=1S/C13H21ClN2O2.2ClH/c1-2-18-13-4-3-12(14)9-11(13)10-16-6-5-15-7-8-17;;/h3-4,9,15-17H,2,5-8,10H2,1H3;2*1H. The molecule has 3 N–H and O–H groups in total. The van der Waals surface area contributed by atoms with Gasteiger partial charge >= 0.3 is 0 Å². The molecule has 0 amide bonds. The van der Waals surface area contributed by atoms with Gasteiger partial charge in [0.2, 0.25) is 0 Å². The maximum absolute atomic E-state index is 8.61. The molecule has 0 saturated carbocycles. The number of nitrogens with one attached hydrogen (secondary N) is 2. The molecule has 0 bridgehead atoms. The molecule has 0 unspecified atom stereocenters. The summed E-state index contributed by atoms with van der Waals surface area (Å²) in [6, 6.07) is 5.65. The molecule has 1 rings (SSSR count). The zero-order valence-electron chi connectivity index (χ0n) is 11.5. The summed E-state index contributed by atoms with van der Waals surface area (Å²) >= 11 is 5.97. The van der Waals surface area contributed by atoms with Crippen LogP contribution in [0.15, 0.2) is 18.2 Å². The number of hydrogen-bond donors (Lipinski definition) is 3. The lowest BCUT2D eigenvalue weighted by molar-refractivity contribution is 0.292. The van der Waals surface area contributed by atoms with Crippen molar-refractivity contribution in [3.63, 3.8) is 0 Å². The minimum absolute atomic E-state index is 0. The van der Waals surface area contributed by atoms with Crippen molar-refractivity contribution in [2.75, 3.05) is 32.8 Å². The second-order valence-corrected chi connectivity index (χ2v) is 4.27. The molecule has 4 nitrogen and oxygen atoms in total. The van der Waals surface area contributed by atoms with Gasteiger partial charge in [-0.2, -0.15) is 0 Å². The van der Waals surface area contributed by atoms with Crippen molar-refractivity contribution in [3.8, 4) is 5.75 Å². The van der Waals surface area contributed by atoms with Gasteiger partial charge in [-0.25, -0.2) is 0 Å². The van der Waals surface area contributed by atoms with Gasteiger partial charge in [0.05, 0.1) is 13.2 Å². The van der Waals surface area contributed by atoms with Gasteiger partial charge in [0.15, 0.2) is 0 Å². The molecule has 20 heavy (non-hydrogen) atoms. The second kappa shape index (κ2) is 13.7. The lowest BCUT2D eigenvalue weighted by atomic mass is 10.2. The number of aliphatic hydroxyl groups excluding tert-OH is 1. The van der Waals surface area contributed by atoms with Crippen LogP contribution in [-0.4, -0.2) is 38.0 Å². The third kappa shape index (κ3) is 8.84. The summed E-state index contributed by atoms with van der Waals surface area (Å²) in [6.45, 7) is 5.78. The summed E-state index contributed by atoms with van der Waals surface area (Å²) in [4.78, 5) is 0. The molecule has 0 atom stereocenters. The van der Waals surface area contributed by atoms with Crippen LogP contribution < -0.4 is 15.4 Å². The van der Waals surface area contributed by atoms with E-state index in [0.29, 0.717) is 18.2 Å². The van der Waals surface area contributed by atoms with Gasteiger partial charge in [-0.1, -0.05) is 11.6 Å². The highest BCUT2D eigenvalue weighted by Gasteiger charge is 2.03. The number of benzene rings is 1. The predicted octanol–water partition coefficient (Wildman–Crippen LogP) is 2.25. The molecule has 0 saturated heterocycles. The fraction of sp³-hybridized carbons (Fsp3) is 0.538. The SMILES string of the molecule is CCOc1ccc(Cl)cc1CNCCNCCO.Cl.Cl. The third-order valence-corrected chi connectivity index (χ3v) is 2.64. The van der Waals surface area contributed by atoms with E-state index < -0.39 is 0 Å². The zero-order chi connectivity index (χ0) is 13.2. The number of aliphatic hydroxyl groups is 1. The Bertz CT molecular complexity index is 354. The number of halogens is 3. The van der Waals surface area contributed by atoms with Crippen LogP contribution in [0.4, 0.5) is 0 Å². The third-order valence-electron chi connectivity index (χ3n) is 2.40. The smallest absolute Gasteiger partial charge is 0.123 e. The van der Waals surface area contributed by atoms with Crippen LogP contribution in [0.3, 0.4) is 0 Å². The Morgan fingerprint density at radius 1 is 1.15 bits per heavy atom. The maximum atomic E-state index is 8.61. The van der Waals surface area contributed by atoms with Crippen LogP contribution in [0.2, 0.25) is 5.02 Å². The molecule has 118 valence electrons. The normalized spacial score (nSPS) is 9.55. The molecule has 7 heteroatoms. The van der Waals surface area contributed by atoms with Gasteiger partial charge in [-0.05, 0) is 25.1 Å². The summed E-state index contributed by atoms with van der Waals surface area (Å²) in [5.41, 5.74) is 1.06. The quantitative estimate of drug-likeness (QED) is 0.601. The molecule has 0 spiro atoms. The molecule has 0 aliphatic rings. The first kappa shape index (κ1) is 22.1. The molecule has 1 aromatic rings. The van der Waals surface area contributed by atoms with E-state index in [1.165, 1.54) is 0 Å². The molecular formula is C13H23Cl3N2O2. The molecule has 0 aliphatic carbocycles. The predicted molar refractivity (Wildman–Crippen MR) is 88.8 cm³/mol. The summed E-state index contributed by atoms with van der Waals surface area (Å²) in [5.74, 6) is 0.873. The van der Waals surface area contributed by atoms with Gasteiger partial charge in [-0.15, -0.1) is 24.8 Å². The van der Waals surface area contributed by atoms with Gasteiger partial charge in [-0.3, -0.25) is 0 Å². The van der Waals surface area contributed by atoms with Gasteiger partial charge in [0.1, 0.15) is 5.75 Å². The fourth-order valence-electron chi connectivity index (χ4n) is 1.59. The molecule has 0 aromatic heterocycles. The fourth-order valence-corrected chi connectivity index (χ4v) is 1.78. The summed E-state index contributed by atoms with van der Waals surface area (Å²) in [6.07, 6.45) is 0. The van der Waals surface area contributed by atoms with E-state index in [0.717, 1.165) is 30.9 Å². The number of ether oxygens (including phenoxy) is 1. The molecular weight excluding hydrogens is 323 g/mol. The van der Waals surface area contributed by atoms with Crippen LogP contribution in [0.25, 0.3) is 0 Å². The van der Waals surface area contributed by atoms with E-state index in [1.807, 2.05) is 25.1 Å². The molecule has 0 aliphatic heterocycles. The van der Waals surface area contributed by atoms with Crippen molar-refractivity contribution in [1.82, 2.24) is 10.6 Å². The van der Waals surface area contributed by atoms with Crippen molar-refractivity contribution in [3.05, 3.63) is 28.8 Å². The topological polar surface area (TPSA) is 53.5 Å². The van der Waals surface area contributed by atoms with E-state index in [2.05, 4.69) is 10.6 Å². The molecule has 1 aromatic carbocycles.